The van der Waals surface area contributed by atoms with Crippen molar-refractivity contribution in [2.45, 2.75) is 6.54 Å². The fraction of sp³-hybridized carbons (Fsp3) is 0.211. The maximum absolute atomic E-state index is 5.33. The summed E-state index contributed by atoms with van der Waals surface area (Å²) in [4.78, 5) is 8.59. The van der Waals surface area contributed by atoms with Crippen molar-refractivity contribution >= 4 is 11.6 Å². The average Bonchev–Trinajstić information content (AvgIpc) is 3.26. The van der Waals surface area contributed by atoms with Crippen LogP contribution in [0.15, 0.2) is 60.0 Å². The van der Waals surface area contributed by atoms with Gasteiger partial charge in [-0.25, -0.2) is 9.67 Å². The van der Waals surface area contributed by atoms with Gasteiger partial charge in [0.15, 0.2) is 23.3 Å². The predicted molar refractivity (Wildman–Crippen MR) is 105 cm³/mol. The van der Waals surface area contributed by atoms with Crippen LogP contribution in [0.1, 0.15) is 5.56 Å². The first-order valence-corrected chi connectivity index (χ1v) is 8.38. The van der Waals surface area contributed by atoms with Crippen molar-refractivity contribution in [3.8, 4) is 17.3 Å². The van der Waals surface area contributed by atoms with E-state index < -0.39 is 0 Å². The first kappa shape index (κ1) is 18.2. The van der Waals surface area contributed by atoms with E-state index in [1.807, 2.05) is 42.6 Å². The van der Waals surface area contributed by atoms with Crippen molar-refractivity contribution in [1.82, 2.24) is 20.1 Å². The molecule has 0 aliphatic rings. The summed E-state index contributed by atoms with van der Waals surface area (Å²) in [5.74, 6) is 2.73. The molecule has 0 saturated heterocycles. The van der Waals surface area contributed by atoms with E-state index in [1.165, 1.54) is 0 Å². The van der Waals surface area contributed by atoms with Gasteiger partial charge in [-0.1, -0.05) is 0 Å². The molecule has 140 valence electrons. The van der Waals surface area contributed by atoms with Gasteiger partial charge in [-0.05, 0) is 35.9 Å². The van der Waals surface area contributed by atoms with Crippen LogP contribution < -0.4 is 20.1 Å². The predicted octanol–water partition coefficient (Wildman–Crippen LogP) is 2.47. The Kier molecular flexibility index (Phi) is 5.88. The molecule has 8 nitrogen and oxygen atoms in total. The van der Waals surface area contributed by atoms with E-state index in [0.717, 1.165) is 17.1 Å². The summed E-state index contributed by atoms with van der Waals surface area (Å²) in [6.45, 7) is 0.587. The molecule has 2 aromatic heterocycles. The fourth-order valence-corrected chi connectivity index (χ4v) is 2.52. The van der Waals surface area contributed by atoms with Crippen molar-refractivity contribution in [3.63, 3.8) is 0 Å². The molecule has 0 atom stereocenters. The highest BCUT2D eigenvalue weighted by Crippen LogP contribution is 2.29. The molecular formula is C19H22N6O2. The van der Waals surface area contributed by atoms with Crippen LogP contribution in [0.4, 0.5) is 5.69 Å². The summed E-state index contributed by atoms with van der Waals surface area (Å²) in [5, 5.41) is 10.7. The molecule has 0 aliphatic carbocycles. The van der Waals surface area contributed by atoms with Gasteiger partial charge in [-0.15, -0.1) is 0 Å². The molecule has 0 bridgehead atoms. The van der Waals surface area contributed by atoms with Crippen molar-refractivity contribution in [3.05, 3.63) is 60.6 Å². The van der Waals surface area contributed by atoms with Crippen LogP contribution in [0.3, 0.4) is 0 Å². The number of anilines is 1. The lowest BCUT2D eigenvalue weighted by molar-refractivity contribution is 0.355. The minimum Gasteiger partial charge on any atom is -0.493 e. The Labute approximate surface area is 157 Å². The molecule has 0 amide bonds. The summed E-state index contributed by atoms with van der Waals surface area (Å²) in [6.07, 6.45) is 5.34. The van der Waals surface area contributed by atoms with E-state index in [9.17, 15) is 0 Å². The number of guanidine groups is 1. The van der Waals surface area contributed by atoms with Gasteiger partial charge in [0.1, 0.15) is 0 Å². The molecule has 3 aromatic rings. The van der Waals surface area contributed by atoms with Gasteiger partial charge in [0.25, 0.3) is 0 Å². The Morgan fingerprint density at radius 1 is 1.11 bits per heavy atom. The average molecular weight is 366 g/mol. The third kappa shape index (κ3) is 4.55. The summed E-state index contributed by atoms with van der Waals surface area (Å²) in [5.41, 5.74) is 1.90. The van der Waals surface area contributed by atoms with E-state index >= 15 is 0 Å². The maximum atomic E-state index is 5.33. The zero-order valence-electron chi connectivity index (χ0n) is 15.5. The van der Waals surface area contributed by atoms with Crippen molar-refractivity contribution in [2.24, 2.45) is 4.99 Å². The number of aromatic nitrogens is 3. The van der Waals surface area contributed by atoms with E-state index in [1.54, 1.807) is 38.3 Å². The zero-order valence-corrected chi connectivity index (χ0v) is 15.5. The molecule has 0 radical (unpaired) electrons. The third-order valence-corrected chi connectivity index (χ3v) is 3.88. The highest BCUT2D eigenvalue weighted by atomic mass is 16.5. The van der Waals surface area contributed by atoms with Crippen LogP contribution in [0, 0.1) is 0 Å². The lowest BCUT2D eigenvalue weighted by Crippen LogP contribution is -2.30. The molecule has 0 unspecified atom stereocenters. The maximum Gasteiger partial charge on any atom is 0.195 e. The molecule has 0 saturated carbocycles. The number of benzene rings is 1. The first-order chi connectivity index (χ1) is 13.2. The van der Waals surface area contributed by atoms with Crippen LogP contribution in [0.5, 0.6) is 11.5 Å². The van der Waals surface area contributed by atoms with Crippen LogP contribution in [-0.4, -0.2) is 42.0 Å². The van der Waals surface area contributed by atoms with Gasteiger partial charge < -0.3 is 20.1 Å². The van der Waals surface area contributed by atoms with Crippen molar-refractivity contribution in [1.29, 1.82) is 0 Å². The number of hydrogen-bond donors (Lipinski definition) is 2. The summed E-state index contributed by atoms with van der Waals surface area (Å²) in [6, 6.07) is 11.4. The largest absolute Gasteiger partial charge is 0.493 e. The molecule has 27 heavy (non-hydrogen) atoms. The van der Waals surface area contributed by atoms with Gasteiger partial charge in [-0.3, -0.25) is 4.99 Å². The minimum absolute atomic E-state index is 0.587. The van der Waals surface area contributed by atoms with Crippen LogP contribution in [-0.2, 0) is 6.54 Å². The van der Waals surface area contributed by atoms with Crippen LogP contribution >= 0.6 is 0 Å². The normalized spacial score (nSPS) is 11.1. The van der Waals surface area contributed by atoms with Gasteiger partial charge in [0, 0.05) is 43.9 Å². The molecule has 0 spiro atoms. The number of nitrogens with zero attached hydrogens (tertiary/aromatic N) is 4. The van der Waals surface area contributed by atoms with Crippen LogP contribution in [0.25, 0.3) is 5.82 Å². The van der Waals surface area contributed by atoms with Gasteiger partial charge >= 0.3 is 0 Å². The summed E-state index contributed by atoms with van der Waals surface area (Å²) < 4.78 is 12.3. The smallest absolute Gasteiger partial charge is 0.195 e. The summed E-state index contributed by atoms with van der Waals surface area (Å²) in [7, 11) is 4.94. The fourth-order valence-electron chi connectivity index (χ4n) is 2.52. The Morgan fingerprint density at radius 2 is 1.96 bits per heavy atom. The van der Waals surface area contributed by atoms with E-state index in [0.29, 0.717) is 24.0 Å². The Morgan fingerprint density at radius 3 is 2.67 bits per heavy atom. The topological polar surface area (TPSA) is 85.6 Å². The number of ether oxygens (including phenoxy) is 2. The van der Waals surface area contributed by atoms with Crippen molar-refractivity contribution < 1.29 is 9.47 Å². The lowest BCUT2D eigenvalue weighted by Gasteiger charge is -2.14. The number of methoxy groups -OCH3 is 2. The summed E-state index contributed by atoms with van der Waals surface area (Å²) >= 11 is 0. The lowest BCUT2D eigenvalue weighted by atomic mass is 10.2. The standard InChI is InChI=1S/C19H22N6O2/c1-20-19(24-15-5-6-16(26-2)17(12-15)27-3)22-13-14-7-9-21-18(11-14)25-10-4-8-23-25/h4-12H,13H2,1-3H3,(H2,20,22,24). The van der Waals surface area contributed by atoms with Gasteiger partial charge in [-0.2, -0.15) is 5.10 Å². The first-order valence-electron chi connectivity index (χ1n) is 8.38. The Bertz CT molecular complexity index is 908. The second-order valence-electron chi connectivity index (χ2n) is 5.59. The molecule has 1 aromatic carbocycles. The molecule has 8 heteroatoms. The third-order valence-electron chi connectivity index (χ3n) is 3.88. The SMILES string of the molecule is CN=C(NCc1ccnc(-n2cccn2)c1)Nc1ccc(OC)c(OC)c1. The molecule has 0 aliphatic heterocycles. The highest BCUT2D eigenvalue weighted by molar-refractivity contribution is 5.93. The van der Waals surface area contributed by atoms with Gasteiger partial charge in [0.05, 0.1) is 14.2 Å². The Hall–Kier alpha value is -3.55. The zero-order chi connectivity index (χ0) is 19.1. The molecule has 3 rings (SSSR count). The number of hydrogen-bond acceptors (Lipinski definition) is 5. The quantitative estimate of drug-likeness (QED) is 0.515. The van der Waals surface area contributed by atoms with Gasteiger partial charge in [0.2, 0.25) is 0 Å². The van der Waals surface area contributed by atoms with E-state index in [2.05, 4.69) is 25.7 Å². The highest BCUT2D eigenvalue weighted by Gasteiger charge is 2.07. The number of pyridine rings is 1. The minimum atomic E-state index is 0.587. The van der Waals surface area contributed by atoms with Crippen molar-refractivity contribution in [2.75, 3.05) is 26.6 Å². The molecule has 0 fully saturated rings. The number of aliphatic imine (C=N–C) groups is 1. The second-order valence-corrected chi connectivity index (χ2v) is 5.59. The molecule has 2 heterocycles. The molecular weight excluding hydrogens is 344 g/mol. The molecule has 2 N–H and O–H groups in total. The Balaban J connectivity index is 1.65. The second kappa shape index (κ2) is 8.70. The monoisotopic (exact) mass is 366 g/mol. The van der Waals surface area contributed by atoms with Crippen LogP contribution in [0.2, 0.25) is 0 Å². The van der Waals surface area contributed by atoms with E-state index in [-0.39, 0.29) is 0 Å². The number of nitrogens with one attached hydrogen (secondary N) is 2. The van der Waals surface area contributed by atoms with E-state index in [4.69, 9.17) is 9.47 Å². The number of rotatable bonds is 6.